The first-order valence-corrected chi connectivity index (χ1v) is 10.3. The van der Waals surface area contributed by atoms with Crippen molar-refractivity contribution >= 4 is 45.0 Å². The number of hydrogen-bond acceptors (Lipinski definition) is 4. The van der Waals surface area contributed by atoms with E-state index in [-0.39, 0.29) is 24.7 Å². The molecule has 0 unspecified atom stereocenters. The number of benzene rings is 2. The maximum absolute atomic E-state index is 12.9. The Morgan fingerprint density at radius 3 is 2.53 bits per heavy atom. The summed E-state index contributed by atoms with van der Waals surface area (Å²) in [5.41, 5.74) is 3.92. The van der Waals surface area contributed by atoms with Crippen LogP contribution in [0.15, 0.2) is 41.4 Å². The van der Waals surface area contributed by atoms with Gasteiger partial charge >= 0.3 is 0 Å². The van der Waals surface area contributed by atoms with E-state index in [0.29, 0.717) is 22.6 Å². The quantitative estimate of drug-likeness (QED) is 0.485. The van der Waals surface area contributed by atoms with Crippen LogP contribution in [0.4, 0.5) is 5.69 Å². The smallest absolute Gasteiger partial charge is 0.279 e. The van der Waals surface area contributed by atoms with Gasteiger partial charge in [-0.1, -0.05) is 23.3 Å². The molecule has 1 aromatic heterocycles. The summed E-state index contributed by atoms with van der Waals surface area (Å²) in [7, 11) is 0. The molecule has 0 aliphatic carbocycles. The van der Waals surface area contributed by atoms with Gasteiger partial charge in [0.25, 0.3) is 5.91 Å². The van der Waals surface area contributed by atoms with Gasteiger partial charge in [-0.2, -0.15) is 4.99 Å². The Labute approximate surface area is 177 Å². The SMILES string of the molecule is C#CCn1c(=NC(=O)c2cccc(N3C(=O)CCC3=O)c2)sc2cc(C)c(C)cc21. The van der Waals surface area contributed by atoms with Crippen LogP contribution in [0.1, 0.15) is 34.3 Å². The summed E-state index contributed by atoms with van der Waals surface area (Å²) in [6.45, 7) is 4.36. The summed E-state index contributed by atoms with van der Waals surface area (Å²) in [6.07, 6.45) is 5.92. The first-order chi connectivity index (χ1) is 14.4. The molecule has 1 fully saturated rings. The minimum absolute atomic E-state index is 0.189. The zero-order valence-electron chi connectivity index (χ0n) is 16.6. The van der Waals surface area contributed by atoms with E-state index in [9.17, 15) is 14.4 Å². The van der Waals surface area contributed by atoms with Crippen LogP contribution >= 0.6 is 11.3 Å². The molecular weight excluding hydrogens is 398 g/mol. The van der Waals surface area contributed by atoms with Gasteiger partial charge in [0.2, 0.25) is 11.8 Å². The van der Waals surface area contributed by atoms with E-state index in [0.717, 1.165) is 26.2 Å². The lowest BCUT2D eigenvalue weighted by Crippen LogP contribution is -2.28. The molecular formula is C23H19N3O3S. The Kier molecular flexibility index (Phi) is 5.10. The van der Waals surface area contributed by atoms with Crippen LogP contribution in [0.2, 0.25) is 0 Å². The Balaban J connectivity index is 1.78. The molecule has 0 saturated carbocycles. The van der Waals surface area contributed by atoms with E-state index in [1.54, 1.807) is 18.2 Å². The lowest BCUT2D eigenvalue weighted by molar-refractivity contribution is -0.121. The third-order valence-corrected chi connectivity index (χ3v) is 6.19. The van der Waals surface area contributed by atoms with E-state index in [4.69, 9.17) is 6.42 Å². The summed E-state index contributed by atoms with van der Waals surface area (Å²) >= 11 is 1.40. The van der Waals surface area contributed by atoms with Crippen molar-refractivity contribution in [2.24, 2.45) is 4.99 Å². The first-order valence-electron chi connectivity index (χ1n) is 9.48. The van der Waals surface area contributed by atoms with Crippen LogP contribution in [0.3, 0.4) is 0 Å². The molecule has 0 bridgehead atoms. The topological polar surface area (TPSA) is 71.7 Å². The summed E-state index contributed by atoms with van der Waals surface area (Å²) in [6, 6.07) is 10.5. The molecule has 4 rings (SSSR count). The molecule has 0 N–H and O–H groups in total. The highest BCUT2D eigenvalue weighted by atomic mass is 32.1. The second-order valence-electron chi connectivity index (χ2n) is 7.17. The number of anilines is 1. The van der Waals surface area contributed by atoms with E-state index in [1.165, 1.54) is 17.4 Å². The highest BCUT2D eigenvalue weighted by Gasteiger charge is 2.30. The Bertz CT molecular complexity index is 1310. The maximum Gasteiger partial charge on any atom is 0.279 e. The van der Waals surface area contributed by atoms with Crippen molar-refractivity contribution in [1.82, 2.24) is 4.57 Å². The van der Waals surface area contributed by atoms with Gasteiger partial charge in [-0.05, 0) is 55.3 Å². The third kappa shape index (κ3) is 3.46. The van der Waals surface area contributed by atoms with Gasteiger partial charge in [0.05, 0.1) is 22.4 Å². The molecule has 2 heterocycles. The fraction of sp³-hybridized carbons (Fsp3) is 0.217. The standard InChI is InChI=1S/C23H19N3O3S/c1-4-10-25-18-11-14(2)15(3)12-19(18)30-23(25)24-22(29)16-6-5-7-17(13-16)26-20(27)8-9-21(26)28/h1,5-7,11-13H,8-10H2,2-3H3. The van der Waals surface area contributed by atoms with E-state index in [2.05, 4.69) is 17.0 Å². The number of terminal acetylenes is 1. The minimum Gasteiger partial charge on any atom is -0.305 e. The van der Waals surface area contributed by atoms with Crippen molar-refractivity contribution in [2.45, 2.75) is 33.2 Å². The van der Waals surface area contributed by atoms with Crippen molar-refractivity contribution in [3.8, 4) is 12.3 Å². The Morgan fingerprint density at radius 1 is 1.13 bits per heavy atom. The van der Waals surface area contributed by atoms with Gasteiger partial charge in [-0.15, -0.1) is 6.42 Å². The molecule has 6 nitrogen and oxygen atoms in total. The molecule has 150 valence electrons. The summed E-state index contributed by atoms with van der Waals surface area (Å²) in [5, 5.41) is 0. The Morgan fingerprint density at radius 2 is 1.83 bits per heavy atom. The van der Waals surface area contributed by atoms with Gasteiger partial charge in [-0.3, -0.25) is 19.3 Å². The van der Waals surface area contributed by atoms with Crippen LogP contribution < -0.4 is 9.70 Å². The molecule has 3 amide bonds. The summed E-state index contributed by atoms with van der Waals surface area (Å²) < 4.78 is 2.85. The van der Waals surface area contributed by atoms with Gasteiger partial charge in [0.15, 0.2) is 4.80 Å². The van der Waals surface area contributed by atoms with Crippen molar-refractivity contribution in [1.29, 1.82) is 0 Å². The average molecular weight is 417 g/mol. The van der Waals surface area contributed by atoms with Crippen LogP contribution in [0.25, 0.3) is 10.2 Å². The lowest BCUT2D eigenvalue weighted by Gasteiger charge is -2.14. The van der Waals surface area contributed by atoms with Crippen molar-refractivity contribution in [3.63, 3.8) is 0 Å². The summed E-state index contributed by atoms with van der Waals surface area (Å²) in [4.78, 5) is 42.9. The highest BCUT2D eigenvalue weighted by molar-refractivity contribution is 7.16. The number of thiazole rings is 1. The van der Waals surface area contributed by atoms with Crippen molar-refractivity contribution < 1.29 is 14.4 Å². The van der Waals surface area contributed by atoms with Gasteiger partial charge in [0, 0.05) is 18.4 Å². The van der Waals surface area contributed by atoms with E-state index in [1.807, 2.05) is 24.5 Å². The number of fused-ring (bicyclic) bond motifs is 1. The monoisotopic (exact) mass is 417 g/mol. The number of aromatic nitrogens is 1. The number of hydrogen-bond donors (Lipinski definition) is 0. The number of aryl methyl sites for hydroxylation is 2. The Hall–Kier alpha value is -3.50. The number of carbonyl (C=O) groups is 3. The average Bonchev–Trinajstić information content (AvgIpc) is 3.22. The van der Waals surface area contributed by atoms with Gasteiger partial charge in [0.1, 0.15) is 0 Å². The van der Waals surface area contributed by atoms with Crippen LogP contribution in [-0.2, 0) is 16.1 Å². The second kappa shape index (κ2) is 7.73. The second-order valence-corrected chi connectivity index (χ2v) is 8.18. The molecule has 30 heavy (non-hydrogen) atoms. The summed E-state index contributed by atoms with van der Waals surface area (Å²) in [5.74, 6) is 1.64. The molecule has 1 aliphatic heterocycles. The molecule has 0 radical (unpaired) electrons. The van der Waals surface area contributed by atoms with Crippen molar-refractivity contribution in [3.05, 3.63) is 57.9 Å². The largest absolute Gasteiger partial charge is 0.305 e. The minimum atomic E-state index is -0.457. The number of amides is 3. The maximum atomic E-state index is 12.9. The number of nitrogens with zero attached hydrogens (tertiary/aromatic N) is 3. The fourth-order valence-electron chi connectivity index (χ4n) is 3.44. The third-order valence-electron chi connectivity index (χ3n) is 5.15. The predicted molar refractivity (Wildman–Crippen MR) is 116 cm³/mol. The molecule has 0 atom stereocenters. The molecule has 0 spiro atoms. The zero-order valence-corrected chi connectivity index (χ0v) is 17.5. The van der Waals surface area contributed by atoms with Crippen LogP contribution in [0, 0.1) is 26.2 Å². The molecule has 1 aliphatic rings. The van der Waals surface area contributed by atoms with Crippen molar-refractivity contribution in [2.75, 3.05) is 4.90 Å². The normalized spacial score (nSPS) is 14.6. The molecule has 3 aromatic rings. The van der Waals surface area contributed by atoms with Crippen LogP contribution in [0.5, 0.6) is 0 Å². The fourth-order valence-corrected chi connectivity index (χ4v) is 4.55. The zero-order chi connectivity index (χ0) is 21.4. The lowest BCUT2D eigenvalue weighted by atomic mass is 10.1. The van der Waals surface area contributed by atoms with Gasteiger partial charge in [-0.25, -0.2) is 0 Å². The first kappa shape index (κ1) is 19.8. The number of imide groups is 1. The number of carbonyl (C=O) groups excluding carboxylic acids is 3. The molecule has 2 aromatic carbocycles. The van der Waals surface area contributed by atoms with E-state index < -0.39 is 5.91 Å². The molecule has 7 heteroatoms. The van der Waals surface area contributed by atoms with Crippen LogP contribution in [-0.4, -0.2) is 22.3 Å². The highest BCUT2D eigenvalue weighted by Crippen LogP contribution is 2.24. The molecule has 1 saturated heterocycles. The van der Waals surface area contributed by atoms with Gasteiger partial charge < -0.3 is 4.57 Å². The predicted octanol–water partition coefficient (Wildman–Crippen LogP) is 3.35. The van der Waals surface area contributed by atoms with E-state index >= 15 is 0 Å². The number of rotatable bonds is 3.